The van der Waals surface area contributed by atoms with Crippen LogP contribution in [-0.2, 0) is 4.79 Å². The van der Waals surface area contributed by atoms with Crippen molar-refractivity contribution in [3.63, 3.8) is 0 Å². The van der Waals surface area contributed by atoms with Crippen LogP contribution in [0, 0.1) is 0 Å². The molecule has 0 radical (unpaired) electrons. The molecule has 0 saturated heterocycles. The van der Waals surface area contributed by atoms with Gasteiger partial charge in [0.2, 0.25) is 0 Å². The Morgan fingerprint density at radius 1 is 1.38 bits per heavy atom. The molecule has 0 fully saturated rings. The van der Waals surface area contributed by atoms with Gasteiger partial charge in [0.15, 0.2) is 6.61 Å². The smallest absolute Gasteiger partial charge is 0.255 e. The number of pyridine rings is 1. The molecule has 0 atom stereocenters. The molecule has 0 spiro atoms. The number of nitrogens with zero attached hydrogens (tertiary/aromatic N) is 1. The Balaban J connectivity index is 2.46. The van der Waals surface area contributed by atoms with E-state index in [-0.39, 0.29) is 6.61 Å². The van der Waals surface area contributed by atoms with Crippen LogP contribution in [0.5, 0.6) is 5.75 Å². The number of benzene rings is 1. The molecule has 1 heterocycles. The molecule has 0 aliphatic rings. The molecule has 1 amide bonds. The van der Waals surface area contributed by atoms with Gasteiger partial charge in [0.1, 0.15) is 11.3 Å². The van der Waals surface area contributed by atoms with Crippen molar-refractivity contribution in [3.05, 3.63) is 30.5 Å². The predicted octanol–water partition coefficient (Wildman–Crippen LogP) is 0.681. The van der Waals surface area contributed by atoms with E-state index in [1.807, 2.05) is 6.07 Å². The highest BCUT2D eigenvalue weighted by Gasteiger charge is 2.06. The summed E-state index contributed by atoms with van der Waals surface area (Å²) < 4.78 is 5.24. The number of hydrogen-bond acceptors (Lipinski definition) is 4. The van der Waals surface area contributed by atoms with E-state index < -0.39 is 5.91 Å². The summed E-state index contributed by atoms with van der Waals surface area (Å²) in [6.07, 6.45) is 1.64. The molecule has 0 aliphatic heterocycles. The van der Waals surface area contributed by atoms with Crippen LogP contribution >= 0.6 is 0 Å². The van der Waals surface area contributed by atoms with Crippen molar-refractivity contribution in [3.8, 4) is 5.75 Å². The molecule has 2 aromatic rings. The van der Waals surface area contributed by atoms with Crippen molar-refractivity contribution < 1.29 is 9.53 Å². The van der Waals surface area contributed by atoms with E-state index >= 15 is 0 Å². The number of ether oxygens (including phenoxy) is 1. The number of amides is 1. The first kappa shape index (κ1) is 10.2. The molecule has 0 unspecified atom stereocenters. The molecule has 0 aliphatic carbocycles. The van der Waals surface area contributed by atoms with Gasteiger partial charge < -0.3 is 16.2 Å². The van der Waals surface area contributed by atoms with Crippen molar-refractivity contribution >= 4 is 22.5 Å². The van der Waals surface area contributed by atoms with Gasteiger partial charge >= 0.3 is 0 Å². The van der Waals surface area contributed by atoms with Crippen LogP contribution in [0.25, 0.3) is 10.9 Å². The van der Waals surface area contributed by atoms with E-state index in [1.165, 1.54) is 0 Å². The number of nitrogen functional groups attached to an aromatic ring is 1. The van der Waals surface area contributed by atoms with Crippen LogP contribution < -0.4 is 16.2 Å². The van der Waals surface area contributed by atoms with Crippen LogP contribution in [0.15, 0.2) is 30.5 Å². The maximum Gasteiger partial charge on any atom is 0.255 e. The van der Waals surface area contributed by atoms with Gasteiger partial charge in [0.05, 0.1) is 0 Å². The lowest BCUT2D eigenvalue weighted by Crippen LogP contribution is -2.20. The molecule has 1 aromatic carbocycles. The van der Waals surface area contributed by atoms with Gasteiger partial charge in [-0.15, -0.1) is 0 Å². The maximum absolute atomic E-state index is 10.6. The van der Waals surface area contributed by atoms with Crippen molar-refractivity contribution in [1.29, 1.82) is 0 Å². The highest BCUT2D eigenvalue weighted by molar-refractivity contribution is 5.94. The van der Waals surface area contributed by atoms with Gasteiger partial charge in [0, 0.05) is 17.3 Å². The lowest BCUT2D eigenvalue weighted by Gasteiger charge is -2.08. The summed E-state index contributed by atoms with van der Waals surface area (Å²) in [5.41, 5.74) is 12.0. The van der Waals surface area contributed by atoms with Gasteiger partial charge in [-0.05, 0) is 24.3 Å². The predicted molar refractivity (Wildman–Crippen MR) is 60.8 cm³/mol. The van der Waals surface area contributed by atoms with Gasteiger partial charge in [-0.2, -0.15) is 0 Å². The number of hydrogen-bond donors (Lipinski definition) is 2. The normalized spacial score (nSPS) is 10.2. The van der Waals surface area contributed by atoms with Crippen molar-refractivity contribution in [2.45, 2.75) is 0 Å². The van der Waals surface area contributed by atoms with E-state index in [0.29, 0.717) is 17.0 Å². The number of carbonyl (C=O) groups excluding carboxylic acids is 1. The molecule has 0 saturated carbocycles. The van der Waals surface area contributed by atoms with E-state index in [0.717, 1.165) is 5.39 Å². The topological polar surface area (TPSA) is 91.2 Å². The average molecular weight is 217 g/mol. The third-order valence-corrected chi connectivity index (χ3v) is 2.14. The molecular weight excluding hydrogens is 206 g/mol. The standard InChI is InChI=1S/C11H11N3O2/c12-8-3-4-9(16-6-10(13)15)11-7(8)2-1-5-14-11/h1-5H,6,12H2,(H2,13,15). The maximum atomic E-state index is 10.6. The van der Waals surface area contributed by atoms with Crippen LogP contribution in [0.1, 0.15) is 0 Å². The first-order chi connectivity index (χ1) is 7.68. The summed E-state index contributed by atoms with van der Waals surface area (Å²) in [5.74, 6) is -0.0236. The number of primary amides is 1. The lowest BCUT2D eigenvalue weighted by atomic mass is 10.2. The molecule has 5 heteroatoms. The number of aromatic nitrogens is 1. The van der Waals surface area contributed by atoms with E-state index in [9.17, 15) is 4.79 Å². The monoisotopic (exact) mass is 217 g/mol. The Labute approximate surface area is 92.0 Å². The Kier molecular flexibility index (Phi) is 2.59. The fourth-order valence-electron chi connectivity index (χ4n) is 1.43. The van der Waals surface area contributed by atoms with Crippen LogP contribution in [0.3, 0.4) is 0 Å². The summed E-state index contributed by atoms with van der Waals surface area (Å²) in [6, 6.07) is 7.01. The Morgan fingerprint density at radius 2 is 2.19 bits per heavy atom. The largest absolute Gasteiger partial charge is 0.481 e. The number of anilines is 1. The third-order valence-electron chi connectivity index (χ3n) is 2.14. The average Bonchev–Trinajstić information content (AvgIpc) is 2.28. The Bertz CT molecular complexity index is 540. The van der Waals surface area contributed by atoms with Gasteiger partial charge in [-0.25, -0.2) is 0 Å². The number of carbonyl (C=O) groups is 1. The zero-order valence-corrected chi connectivity index (χ0v) is 8.51. The van der Waals surface area contributed by atoms with Gasteiger partial charge in [-0.1, -0.05) is 0 Å². The Hall–Kier alpha value is -2.30. The summed E-state index contributed by atoms with van der Waals surface area (Å²) in [4.78, 5) is 14.8. The quantitative estimate of drug-likeness (QED) is 0.739. The molecule has 1 aromatic heterocycles. The summed E-state index contributed by atoms with van der Waals surface area (Å²) in [7, 11) is 0. The lowest BCUT2D eigenvalue weighted by molar-refractivity contribution is -0.119. The second-order valence-electron chi connectivity index (χ2n) is 3.31. The molecule has 82 valence electrons. The van der Waals surface area contributed by atoms with Crippen LogP contribution in [-0.4, -0.2) is 17.5 Å². The molecule has 0 bridgehead atoms. The van der Waals surface area contributed by atoms with E-state index in [4.69, 9.17) is 16.2 Å². The number of nitrogens with two attached hydrogens (primary N) is 2. The second-order valence-corrected chi connectivity index (χ2v) is 3.31. The van der Waals surface area contributed by atoms with Crippen LogP contribution in [0.4, 0.5) is 5.69 Å². The minimum atomic E-state index is -0.527. The molecule has 4 N–H and O–H groups in total. The van der Waals surface area contributed by atoms with Gasteiger partial charge in [0.25, 0.3) is 5.91 Å². The number of rotatable bonds is 3. The van der Waals surface area contributed by atoms with E-state index in [2.05, 4.69) is 4.98 Å². The minimum Gasteiger partial charge on any atom is -0.481 e. The zero-order chi connectivity index (χ0) is 11.5. The summed E-state index contributed by atoms with van der Waals surface area (Å²) in [6.45, 7) is -0.171. The van der Waals surface area contributed by atoms with Crippen molar-refractivity contribution in [1.82, 2.24) is 4.98 Å². The molecular formula is C11H11N3O2. The fraction of sp³-hybridized carbons (Fsp3) is 0.0909. The zero-order valence-electron chi connectivity index (χ0n) is 8.51. The molecule has 5 nitrogen and oxygen atoms in total. The van der Waals surface area contributed by atoms with Crippen molar-refractivity contribution in [2.24, 2.45) is 5.73 Å². The summed E-state index contributed by atoms with van der Waals surface area (Å²) in [5, 5.41) is 0.796. The Morgan fingerprint density at radius 3 is 2.94 bits per heavy atom. The molecule has 16 heavy (non-hydrogen) atoms. The third kappa shape index (κ3) is 1.88. The second kappa shape index (κ2) is 4.06. The highest BCUT2D eigenvalue weighted by Crippen LogP contribution is 2.27. The number of fused-ring (bicyclic) bond motifs is 1. The molecule has 2 rings (SSSR count). The first-order valence-electron chi connectivity index (χ1n) is 4.73. The van der Waals surface area contributed by atoms with Crippen LogP contribution in [0.2, 0.25) is 0 Å². The van der Waals surface area contributed by atoms with E-state index in [1.54, 1.807) is 24.4 Å². The SMILES string of the molecule is NC(=O)COc1ccc(N)c2cccnc12. The fourth-order valence-corrected chi connectivity index (χ4v) is 1.43. The van der Waals surface area contributed by atoms with Crippen molar-refractivity contribution in [2.75, 3.05) is 12.3 Å². The minimum absolute atomic E-state index is 0.171. The summed E-state index contributed by atoms with van der Waals surface area (Å²) >= 11 is 0. The van der Waals surface area contributed by atoms with Gasteiger partial charge in [-0.3, -0.25) is 9.78 Å². The first-order valence-corrected chi connectivity index (χ1v) is 4.73. The highest BCUT2D eigenvalue weighted by atomic mass is 16.5.